The van der Waals surface area contributed by atoms with E-state index in [1.807, 2.05) is 30.0 Å². The molecule has 1 fully saturated rings. The molecule has 1 atom stereocenters. The summed E-state index contributed by atoms with van der Waals surface area (Å²) in [6, 6.07) is 5.95. The van der Waals surface area contributed by atoms with Gasteiger partial charge in [0.1, 0.15) is 5.75 Å². The second-order valence-electron chi connectivity index (χ2n) is 5.27. The molecule has 0 spiro atoms. The number of hydrogen-bond acceptors (Lipinski definition) is 4. The Hall–Kier alpha value is -1.20. The summed E-state index contributed by atoms with van der Waals surface area (Å²) in [5.41, 5.74) is 2.05. The number of ether oxygens (including phenoxy) is 1. The normalized spacial score (nSPS) is 19.4. The average Bonchev–Trinajstić information content (AvgIpc) is 2.90. The maximum atomic E-state index is 5.23. The Morgan fingerprint density at radius 2 is 2.40 bits per heavy atom. The van der Waals surface area contributed by atoms with Crippen molar-refractivity contribution >= 4 is 22.8 Å². The first-order valence-electron chi connectivity index (χ1n) is 7.22. The van der Waals surface area contributed by atoms with Gasteiger partial charge in [-0.25, -0.2) is 4.98 Å². The molecular formula is C15H21N3OS. The van der Waals surface area contributed by atoms with E-state index in [2.05, 4.69) is 15.3 Å². The zero-order valence-corrected chi connectivity index (χ0v) is 12.6. The number of fused-ring (bicyclic) bond motifs is 1. The Balaban J connectivity index is 1.57. The fourth-order valence-corrected chi connectivity index (χ4v) is 3.64. The average molecular weight is 291 g/mol. The largest absolute Gasteiger partial charge is 0.497 e. The summed E-state index contributed by atoms with van der Waals surface area (Å²) in [6.45, 7) is 2.37. The molecule has 1 aliphatic rings. The Labute approximate surface area is 123 Å². The van der Waals surface area contributed by atoms with Gasteiger partial charge in [-0.05, 0) is 50.4 Å². The van der Waals surface area contributed by atoms with Crippen LogP contribution in [0.5, 0.6) is 5.75 Å². The lowest BCUT2D eigenvalue weighted by Gasteiger charge is -2.22. The Bertz CT molecular complexity index is 563. The number of aromatic nitrogens is 2. The molecule has 0 radical (unpaired) electrons. The number of benzene rings is 1. The van der Waals surface area contributed by atoms with Gasteiger partial charge in [0.05, 0.1) is 18.1 Å². The van der Waals surface area contributed by atoms with E-state index in [0.717, 1.165) is 33.6 Å². The quantitative estimate of drug-likeness (QED) is 0.831. The fraction of sp³-hybridized carbons (Fsp3) is 0.533. The first-order chi connectivity index (χ1) is 9.85. The predicted molar refractivity (Wildman–Crippen MR) is 83.6 cm³/mol. The number of imidazole rings is 1. The molecule has 0 amide bonds. The molecule has 2 N–H and O–H groups in total. The minimum Gasteiger partial charge on any atom is -0.497 e. The van der Waals surface area contributed by atoms with Crippen LogP contribution in [0.4, 0.5) is 0 Å². The monoisotopic (exact) mass is 291 g/mol. The highest BCUT2D eigenvalue weighted by Crippen LogP contribution is 2.25. The molecule has 0 saturated carbocycles. The van der Waals surface area contributed by atoms with Crippen LogP contribution in [0.2, 0.25) is 0 Å². The SMILES string of the molecule is COc1ccc2nc(SCCC3CCCNC3)[nH]c2c1. The van der Waals surface area contributed by atoms with Crippen molar-refractivity contribution in [2.75, 3.05) is 26.0 Å². The summed E-state index contributed by atoms with van der Waals surface area (Å²) in [7, 11) is 1.69. The van der Waals surface area contributed by atoms with Crippen molar-refractivity contribution in [3.05, 3.63) is 18.2 Å². The van der Waals surface area contributed by atoms with Crippen molar-refractivity contribution in [1.29, 1.82) is 0 Å². The molecule has 2 heterocycles. The standard InChI is InChI=1S/C15H21N3OS/c1-19-12-4-5-13-14(9-12)18-15(17-13)20-8-6-11-3-2-7-16-10-11/h4-5,9,11,16H,2-3,6-8,10H2,1H3,(H,17,18). The zero-order chi connectivity index (χ0) is 13.8. The fourth-order valence-electron chi connectivity index (χ4n) is 2.65. The summed E-state index contributed by atoms with van der Waals surface area (Å²) in [5, 5.41) is 4.48. The van der Waals surface area contributed by atoms with Crippen molar-refractivity contribution in [3.8, 4) is 5.75 Å². The van der Waals surface area contributed by atoms with Gasteiger partial charge in [-0.3, -0.25) is 0 Å². The maximum Gasteiger partial charge on any atom is 0.166 e. The topological polar surface area (TPSA) is 49.9 Å². The number of nitrogens with zero attached hydrogens (tertiary/aromatic N) is 1. The third-order valence-electron chi connectivity index (χ3n) is 3.83. The van der Waals surface area contributed by atoms with Crippen molar-refractivity contribution in [2.24, 2.45) is 5.92 Å². The van der Waals surface area contributed by atoms with Gasteiger partial charge in [0.2, 0.25) is 0 Å². The van der Waals surface area contributed by atoms with E-state index in [4.69, 9.17) is 4.74 Å². The van der Waals surface area contributed by atoms with Crippen LogP contribution in [0, 0.1) is 5.92 Å². The van der Waals surface area contributed by atoms with Crippen LogP contribution in [0.25, 0.3) is 11.0 Å². The minimum absolute atomic E-state index is 0.834. The number of piperidine rings is 1. The molecule has 108 valence electrons. The van der Waals surface area contributed by atoms with Crippen LogP contribution >= 0.6 is 11.8 Å². The molecule has 1 saturated heterocycles. The highest BCUT2D eigenvalue weighted by molar-refractivity contribution is 7.99. The lowest BCUT2D eigenvalue weighted by Crippen LogP contribution is -2.29. The van der Waals surface area contributed by atoms with Crippen LogP contribution in [-0.4, -0.2) is 35.9 Å². The van der Waals surface area contributed by atoms with Gasteiger partial charge in [0, 0.05) is 11.8 Å². The Morgan fingerprint density at radius 1 is 1.45 bits per heavy atom. The molecule has 5 heteroatoms. The second kappa shape index (κ2) is 6.50. The van der Waals surface area contributed by atoms with E-state index < -0.39 is 0 Å². The van der Waals surface area contributed by atoms with Crippen LogP contribution in [0.1, 0.15) is 19.3 Å². The smallest absolute Gasteiger partial charge is 0.166 e. The van der Waals surface area contributed by atoms with Gasteiger partial charge in [-0.15, -0.1) is 0 Å². The number of nitrogens with one attached hydrogen (secondary N) is 2. The van der Waals surface area contributed by atoms with Gasteiger partial charge in [0.25, 0.3) is 0 Å². The molecule has 4 nitrogen and oxygen atoms in total. The molecule has 1 aromatic carbocycles. The summed E-state index contributed by atoms with van der Waals surface area (Å²) in [4.78, 5) is 7.97. The maximum absolute atomic E-state index is 5.23. The predicted octanol–water partition coefficient (Wildman–Crippen LogP) is 3.05. The molecule has 2 aromatic rings. The number of hydrogen-bond donors (Lipinski definition) is 2. The van der Waals surface area contributed by atoms with Gasteiger partial charge in [-0.1, -0.05) is 11.8 Å². The van der Waals surface area contributed by atoms with Gasteiger partial charge in [-0.2, -0.15) is 0 Å². The molecule has 1 aromatic heterocycles. The third-order valence-corrected chi connectivity index (χ3v) is 4.74. The summed E-state index contributed by atoms with van der Waals surface area (Å²) < 4.78 is 5.23. The number of H-pyrrole nitrogens is 1. The summed E-state index contributed by atoms with van der Waals surface area (Å²) >= 11 is 1.82. The van der Waals surface area contributed by atoms with E-state index in [1.54, 1.807) is 7.11 Å². The molecule has 1 unspecified atom stereocenters. The van der Waals surface area contributed by atoms with Gasteiger partial charge in [0.15, 0.2) is 5.16 Å². The third kappa shape index (κ3) is 3.27. The lowest BCUT2D eigenvalue weighted by atomic mass is 9.97. The second-order valence-corrected chi connectivity index (χ2v) is 6.36. The number of methoxy groups -OCH3 is 1. The molecule has 0 aliphatic carbocycles. The van der Waals surface area contributed by atoms with Crippen molar-refractivity contribution in [3.63, 3.8) is 0 Å². The van der Waals surface area contributed by atoms with E-state index >= 15 is 0 Å². The number of rotatable bonds is 5. The Kier molecular flexibility index (Phi) is 4.47. The van der Waals surface area contributed by atoms with E-state index in [-0.39, 0.29) is 0 Å². The van der Waals surface area contributed by atoms with Crippen LogP contribution < -0.4 is 10.1 Å². The van der Waals surface area contributed by atoms with Crippen molar-refractivity contribution in [2.45, 2.75) is 24.4 Å². The first-order valence-corrected chi connectivity index (χ1v) is 8.21. The van der Waals surface area contributed by atoms with Crippen molar-refractivity contribution < 1.29 is 4.74 Å². The Morgan fingerprint density at radius 3 is 3.20 bits per heavy atom. The first kappa shape index (κ1) is 13.8. The van der Waals surface area contributed by atoms with E-state index in [1.165, 1.54) is 32.4 Å². The van der Waals surface area contributed by atoms with Crippen LogP contribution in [0.15, 0.2) is 23.4 Å². The van der Waals surface area contributed by atoms with Crippen LogP contribution in [0.3, 0.4) is 0 Å². The highest BCUT2D eigenvalue weighted by atomic mass is 32.2. The van der Waals surface area contributed by atoms with E-state index in [0.29, 0.717) is 0 Å². The molecule has 0 bridgehead atoms. The molecule has 1 aliphatic heterocycles. The molecule has 3 rings (SSSR count). The highest BCUT2D eigenvalue weighted by Gasteiger charge is 2.13. The molecule has 20 heavy (non-hydrogen) atoms. The minimum atomic E-state index is 0.834. The summed E-state index contributed by atoms with van der Waals surface area (Å²) in [6.07, 6.45) is 3.95. The van der Waals surface area contributed by atoms with Crippen LogP contribution in [-0.2, 0) is 0 Å². The lowest BCUT2D eigenvalue weighted by molar-refractivity contribution is 0.371. The number of aromatic amines is 1. The summed E-state index contributed by atoms with van der Waals surface area (Å²) in [5.74, 6) is 2.83. The van der Waals surface area contributed by atoms with Gasteiger partial charge < -0.3 is 15.0 Å². The van der Waals surface area contributed by atoms with E-state index in [9.17, 15) is 0 Å². The zero-order valence-electron chi connectivity index (χ0n) is 11.8. The number of thioether (sulfide) groups is 1. The molecular weight excluding hydrogens is 270 g/mol. The van der Waals surface area contributed by atoms with Gasteiger partial charge >= 0.3 is 0 Å². The van der Waals surface area contributed by atoms with Crippen molar-refractivity contribution in [1.82, 2.24) is 15.3 Å².